The molecule has 126 valence electrons. The standard InChI is InChI=1S/C19H22N2O3/c1-12-6-8-17(22)16(9-12)15(4)20-21-19(23)11-24-18-10-13(2)5-7-14(18)3/h5-10,22H,11H2,1-4H3,(H,21,23)/b20-15+. The first-order chi connectivity index (χ1) is 11.4. The van der Waals surface area contributed by atoms with Crippen LogP contribution >= 0.6 is 0 Å². The molecule has 24 heavy (non-hydrogen) atoms. The van der Waals surface area contributed by atoms with E-state index in [0.29, 0.717) is 17.0 Å². The van der Waals surface area contributed by atoms with Crippen LogP contribution in [0.2, 0.25) is 0 Å². The molecule has 2 rings (SSSR count). The Hall–Kier alpha value is -2.82. The zero-order valence-electron chi connectivity index (χ0n) is 14.4. The quantitative estimate of drug-likeness (QED) is 0.654. The number of phenolic OH excluding ortho intramolecular Hbond substituents is 1. The average molecular weight is 326 g/mol. The topological polar surface area (TPSA) is 70.9 Å². The zero-order chi connectivity index (χ0) is 17.7. The fourth-order valence-corrected chi connectivity index (χ4v) is 2.18. The summed E-state index contributed by atoms with van der Waals surface area (Å²) in [6, 6.07) is 11.1. The lowest BCUT2D eigenvalue weighted by atomic mass is 10.1. The maximum Gasteiger partial charge on any atom is 0.277 e. The van der Waals surface area contributed by atoms with Gasteiger partial charge in [-0.1, -0.05) is 23.8 Å². The third-order valence-electron chi connectivity index (χ3n) is 3.59. The summed E-state index contributed by atoms with van der Waals surface area (Å²) < 4.78 is 5.53. The van der Waals surface area contributed by atoms with Gasteiger partial charge in [0, 0.05) is 5.56 Å². The number of nitrogens with zero attached hydrogens (tertiary/aromatic N) is 1. The maximum atomic E-state index is 11.9. The largest absolute Gasteiger partial charge is 0.507 e. The number of nitrogens with one attached hydrogen (secondary N) is 1. The molecule has 0 aliphatic heterocycles. The number of carbonyl (C=O) groups is 1. The van der Waals surface area contributed by atoms with Gasteiger partial charge < -0.3 is 9.84 Å². The summed E-state index contributed by atoms with van der Waals surface area (Å²) in [5, 5.41) is 13.9. The molecule has 2 aromatic rings. The van der Waals surface area contributed by atoms with Crippen molar-refractivity contribution in [1.29, 1.82) is 0 Å². The summed E-state index contributed by atoms with van der Waals surface area (Å²) in [7, 11) is 0. The molecule has 0 saturated heterocycles. The van der Waals surface area contributed by atoms with Crippen LogP contribution in [-0.2, 0) is 4.79 Å². The van der Waals surface area contributed by atoms with Gasteiger partial charge >= 0.3 is 0 Å². The Bertz CT molecular complexity index is 782. The fourth-order valence-electron chi connectivity index (χ4n) is 2.18. The number of aromatic hydroxyl groups is 1. The summed E-state index contributed by atoms with van der Waals surface area (Å²) in [4.78, 5) is 11.9. The predicted molar refractivity (Wildman–Crippen MR) is 94.6 cm³/mol. The van der Waals surface area contributed by atoms with Crippen molar-refractivity contribution in [1.82, 2.24) is 5.43 Å². The highest BCUT2D eigenvalue weighted by molar-refractivity contribution is 6.01. The van der Waals surface area contributed by atoms with Crippen molar-refractivity contribution in [2.75, 3.05) is 6.61 Å². The first-order valence-corrected chi connectivity index (χ1v) is 7.70. The second-order valence-corrected chi connectivity index (χ2v) is 5.81. The normalized spacial score (nSPS) is 11.2. The number of rotatable bonds is 5. The molecule has 5 nitrogen and oxygen atoms in total. The van der Waals surface area contributed by atoms with Gasteiger partial charge in [0.25, 0.3) is 5.91 Å². The summed E-state index contributed by atoms with van der Waals surface area (Å²) in [5.74, 6) is 0.451. The highest BCUT2D eigenvalue weighted by atomic mass is 16.5. The second kappa shape index (κ2) is 7.64. The van der Waals surface area contributed by atoms with E-state index < -0.39 is 0 Å². The number of aryl methyl sites for hydroxylation is 3. The van der Waals surface area contributed by atoms with Crippen LogP contribution in [0, 0.1) is 20.8 Å². The fraction of sp³-hybridized carbons (Fsp3) is 0.263. The Morgan fingerprint density at radius 1 is 1.12 bits per heavy atom. The molecule has 0 heterocycles. The van der Waals surface area contributed by atoms with Crippen LogP contribution < -0.4 is 10.2 Å². The molecule has 5 heteroatoms. The Morgan fingerprint density at radius 2 is 1.79 bits per heavy atom. The lowest BCUT2D eigenvalue weighted by molar-refractivity contribution is -0.123. The summed E-state index contributed by atoms with van der Waals surface area (Å²) in [6.45, 7) is 7.41. The molecule has 0 bridgehead atoms. The second-order valence-electron chi connectivity index (χ2n) is 5.81. The number of hydrogen-bond donors (Lipinski definition) is 2. The SMILES string of the molecule is C/C(=N\NC(=O)COc1cc(C)ccc1C)c1cc(C)ccc1O. The number of carbonyl (C=O) groups excluding carboxylic acids is 1. The molecule has 0 aliphatic rings. The van der Waals surface area contributed by atoms with E-state index in [4.69, 9.17) is 4.74 Å². The van der Waals surface area contributed by atoms with Crippen LogP contribution in [0.25, 0.3) is 0 Å². The summed E-state index contributed by atoms with van der Waals surface area (Å²) in [6.07, 6.45) is 0. The van der Waals surface area contributed by atoms with Gasteiger partial charge in [-0.05, 0) is 57.0 Å². The van der Waals surface area contributed by atoms with Crippen molar-refractivity contribution in [2.45, 2.75) is 27.7 Å². The van der Waals surface area contributed by atoms with Gasteiger partial charge in [0.05, 0.1) is 5.71 Å². The number of hydrogen-bond acceptors (Lipinski definition) is 4. The van der Waals surface area contributed by atoms with Gasteiger partial charge in [0.15, 0.2) is 6.61 Å². The first-order valence-electron chi connectivity index (χ1n) is 7.70. The molecule has 0 radical (unpaired) electrons. The van der Waals surface area contributed by atoms with Crippen molar-refractivity contribution >= 4 is 11.6 Å². The van der Waals surface area contributed by atoms with Gasteiger partial charge in [-0.25, -0.2) is 5.43 Å². The zero-order valence-corrected chi connectivity index (χ0v) is 14.4. The molecule has 0 aromatic heterocycles. The minimum absolute atomic E-state index is 0.124. The first kappa shape index (κ1) is 17.5. The van der Waals surface area contributed by atoms with Crippen LogP contribution in [-0.4, -0.2) is 23.3 Å². The van der Waals surface area contributed by atoms with Crippen LogP contribution in [0.5, 0.6) is 11.5 Å². The Labute approximate surface area is 142 Å². The van der Waals surface area contributed by atoms with Crippen LogP contribution in [0.1, 0.15) is 29.2 Å². The number of benzene rings is 2. The highest BCUT2D eigenvalue weighted by Gasteiger charge is 2.07. The Kier molecular flexibility index (Phi) is 5.58. The summed E-state index contributed by atoms with van der Waals surface area (Å²) >= 11 is 0. The van der Waals surface area contributed by atoms with Crippen LogP contribution in [0.3, 0.4) is 0 Å². The van der Waals surface area contributed by atoms with Gasteiger partial charge in [0.2, 0.25) is 0 Å². The van der Waals surface area contributed by atoms with Gasteiger partial charge in [-0.15, -0.1) is 0 Å². The number of hydrazone groups is 1. The molecular weight excluding hydrogens is 304 g/mol. The van der Waals surface area contributed by atoms with E-state index in [2.05, 4.69) is 10.5 Å². The van der Waals surface area contributed by atoms with Gasteiger partial charge in [-0.3, -0.25) is 4.79 Å². The third kappa shape index (κ3) is 4.59. The summed E-state index contributed by atoms with van der Waals surface area (Å²) in [5.41, 5.74) is 6.60. The molecule has 0 aliphatic carbocycles. The minimum atomic E-state index is -0.359. The minimum Gasteiger partial charge on any atom is -0.507 e. The molecule has 2 aromatic carbocycles. The van der Waals surface area contributed by atoms with Crippen molar-refractivity contribution in [3.05, 3.63) is 58.7 Å². The van der Waals surface area contributed by atoms with Crippen LogP contribution in [0.15, 0.2) is 41.5 Å². The smallest absolute Gasteiger partial charge is 0.277 e. The molecule has 0 saturated carbocycles. The number of ether oxygens (including phenoxy) is 1. The van der Waals surface area contributed by atoms with Crippen molar-refractivity contribution in [3.63, 3.8) is 0 Å². The van der Waals surface area contributed by atoms with Gasteiger partial charge in [-0.2, -0.15) is 5.10 Å². The molecule has 0 atom stereocenters. The lowest BCUT2D eigenvalue weighted by Gasteiger charge is -2.09. The lowest BCUT2D eigenvalue weighted by Crippen LogP contribution is -2.25. The van der Waals surface area contributed by atoms with E-state index in [1.807, 2.05) is 51.1 Å². The van der Waals surface area contributed by atoms with E-state index in [-0.39, 0.29) is 18.3 Å². The molecular formula is C19H22N2O3. The molecule has 0 fully saturated rings. The van der Waals surface area contributed by atoms with Crippen molar-refractivity contribution in [2.24, 2.45) is 5.10 Å². The predicted octanol–water partition coefficient (Wildman–Crippen LogP) is 3.24. The number of phenols is 1. The van der Waals surface area contributed by atoms with E-state index in [1.54, 1.807) is 13.0 Å². The molecule has 1 amide bonds. The Balaban J connectivity index is 1.97. The molecule has 0 spiro atoms. The third-order valence-corrected chi connectivity index (χ3v) is 3.59. The monoisotopic (exact) mass is 326 g/mol. The van der Waals surface area contributed by atoms with Gasteiger partial charge in [0.1, 0.15) is 11.5 Å². The van der Waals surface area contributed by atoms with Crippen molar-refractivity contribution in [3.8, 4) is 11.5 Å². The Morgan fingerprint density at radius 3 is 2.54 bits per heavy atom. The van der Waals surface area contributed by atoms with E-state index in [0.717, 1.165) is 16.7 Å². The molecule has 2 N–H and O–H groups in total. The van der Waals surface area contributed by atoms with Crippen LogP contribution in [0.4, 0.5) is 0 Å². The average Bonchev–Trinajstić information content (AvgIpc) is 2.55. The van der Waals surface area contributed by atoms with E-state index in [9.17, 15) is 9.90 Å². The number of amides is 1. The maximum absolute atomic E-state index is 11.9. The van der Waals surface area contributed by atoms with E-state index in [1.165, 1.54) is 0 Å². The van der Waals surface area contributed by atoms with E-state index >= 15 is 0 Å². The highest BCUT2D eigenvalue weighted by Crippen LogP contribution is 2.19. The van der Waals surface area contributed by atoms with Crippen molar-refractivity contribution < 1.29 is 14.6 Å². The molecule has 0 unspecified atom stereocenters.